The Labute approximate surface area is 110 Å². The number of hydrogen-bond donors (Lipinski definition) is 1. The van der Waals surface area contributed by atoms with Crippen molar-refractivity contribution in [1.82, 2.24) is 0 Å². The topological polar surface area (TPSA) is 66.8 Å². The number of carbonyl (C=O) groups is 2. The maximum atomic E-state index is 11.9. The van der Waals surface area contributed by atoms with Crippen LogP contribution in [-0.2, 0) is 9.53 Å². The van der Waals surface area contributed by atoms with Crippen molar-refractivity contribution in [2.75, 3.05) is 18.6 Å². The van der Waals surface area contributed by atoms with Gasteiger partial charge in [0, 0.05) is 18.9 Å². The molecule has 1 aromatic carbocycles. The molecule has 1 saturated heterocycles. The highest BCUT2D eigenvalue weighted by atomic mass is 16.5. The molecule has 0 aliphatic carbocycles. The number of phenolic OH excluding ortho intramolecular Hbond substituents is 1. The fourth-order valence-electron chi connectivity index (χ4n) is 2.08. The van der Waals surface area contributed by atoms with E-state index < -0.39 is 5.97 Å². The molecule has 0 bridgehead atoms. The van der Waals surface area contributed by atoms with Crippen LogP contribution >= 0.6 is 0 Å². The lowest BCUT2D eigenvalue weighted by Crippen LogP contribution is -2.24. The zero-order chi connectivity index (χ0) is 14.0. The molecule has 19 heavy (non-hydrogen) atoms. The Morgan fingerprint density at radius 3 is 2.89 bits per heavy atom. The fourth-order valence-corrected chi connectivity index (χ4v) is 2.08. The first-order valence-corrected chi connectivity index (χ1v) is 5.75. The predicted molar refractivity (Wildman–Crippen MR) is 68.7 cm³/mol. The van der Waals surface area contributed by atoms with E-state index in [1.807, 2.05) is 0 Å². The van der Waals surface area contributed by atoms with Crippen LogP contribution in [0.1, 0.15) is 16.8 Å². The number of nitrogens with zero attached hydrogens (tertiary/aromatic N) is 1. The summed E-state index contributed by atoms with van der Waals surface area (Å²) in [7, 11) is 1.23. The van der Waals surface area contributed by atoms with E-state index in [0.29, 0.717) is 6.54 Å². The van der Waals surface area contributed by atoms with Crippen molar-refractivity contribution < 1.29 is 19.4 Å². The van der Waals surface area contributed by atoms with Gasteiger partial charge in [-0.3, -0.25) is 4.79 Å². The number of anilines is 1. The van der Waals surface area contributed by atoms with Gasteiger partial charge in [-0.15, -0.1) is 12.3 Å². The molecule has 1 aliphatic heterocycles. The normalized spacial score (nSPS) is 18.2. The Bertz CT molecular complexity index is 573. The number of esters is 1. The molecule has 1 heterocycles. The monoisotopic (exact) mass is 259 g/mol. The number of methoxy groups -OCH3 is 1. The van der Waals surface area contributed by atoms with Crippen LogP contribution in [0.25, 0.3) is 0 Å². The number of rotatable bonds is 2. The summed E-state index contributed by atoms with van der Waals surface area (Å²) in [6, 6.07) is 4.58. The highest BCUT2D eigenvalue weighted by Gasteiger charge is 2.31. The van der Waals surface area contributed by atoms with E-state index in [4.69, 9.17) is 6.42 Å². The lowest BCUT2D eigenvalue weighted by Gasteiger charge is -2.18. The Morgan fingerprint density at radius 1 is 1.58 bits per heavy atom. The average molecular weight is 259 g/mol. The molecule has 5 nitrogen and oxygen atoms in total. The van der Waals surface area contributed by atoms with E-state index >= 15 is 0 Å². The van der Waals surface area contributed by atoms with Crippen LogP contribution in [0.2, 0.25) is 0 Å². The number of amides is 1. The third-order valence-electron chi connectivity index (χ3n) is 3.07. The van der Waals surface area contributed by atoms with Crippen molar-refractivity contribution in [3.8, 4) is 18.1 Å². The molecular formula is C14H13NO4. The van der Waals surface area contributed by atoms with Gasteiger partial charge >= 0.3 is 5.97 Å². The molecular weight excluding hydrogens is 246 g/mol. The van der Waals surface area contributed by atoms with Crippen molar-refractivity contribution >= 4 is 17.6 Å². The molecule has 1 amide bonds. The van der Waals surface area contributed by atoms with E-state index in [1.165, 1.54) is 18.1 Å². The molecule has 0 saturated carbocycles. The zero-order valence-electron chi connectivity index (χ0n) is 10.4. The molecule has 1 aliphatic rings. The van der Waals surface area contributed by atoms with Gasteiger partial charge in [0.05, 0.1) is 12.8 Å². The van der Waals surface area contributed by atoms with Gasteiger partial charge in [0.25, 0.3) is 0 Å². The van der Waals surface area contributed by atoms with Crippen molar-refractivity contribution in [3.05, 3.63) is 23.8 Å². The van der Waals surface area contributed by atoms with Crippen LogP contribution in [0.3, 0.4) is 0 Å². The van der Waals surface area contributed by atoms with Gasteiger partial charge in [0.15, 0.2) is 5.75 Å². The molecule has 0 radical (unpaired) electrons. The predicted octanol–water partition coefficient (Wildman–Crippen LogP) is 1.16. The van der Waals surface area contributed by atoms with Crippen LogP contribution in [0.15, 0.2) is 18.2 Å². The second-order valence-corrected chi connectivity index (χ2v) is 4.24. The number of para-hydroxylation sites is 1. The number of benzene rings is 1. The number of ether oxygens (including phenoxy) is 1. The Balaban J connectivity index is 2.39. The van der Waals surface area contributed by atoms with E-state index in [1.54, 1.807) is 12.1 Å². The van der Waals surface area contributed by atoms with E-state index in [9.17, 15) is 14.7 Å². The van der Waals surface area contributed by atoms with Gasteiger partial charge in [-0.1, -0.05) is 6.07 Å². The van der Waals surface area contributed by atoms with Crippen LogP contribution in [0, 0.1) is 18.3 Å². The van der Waals surface area contributed by atoms with E-state index in [0.717, 1.165) is 0 Å². The Hall–Kier alpha value is -2.48. The summed E-state index contributed by atoms with van der Waals surface area (Å²) in [5, 5.41) is 10.1. The molecule has 1 atom stereocenters. The van der Waals surface area contributed by atoms with E-state index in [-0.39, 0.29) is 35.2 Å². The molecule has 0 aromatic heterocycles. The van der Waals surface area contributed by atoms with Gasteiger partial charge in [-0.25, -0.2) is 4.79 Å². The number of aromatic hydroxyl groups is 1. The summed E-state index contributed by atoms with van der Waals surface area (Å²) in [6.07, 6.45) is 5.56. The maximum Gasteiger partial charge on any atom is 0.341 e. The quantitative estimate of drug-likeness (QED) is 0.639. The highest BCUT2D eigenvalue weighted by Crippen LogP contribution is 2.34. The summed E-state index contributed by atoms with van der Waals surface area (Å²) >= 11 is 0. The lowest BCUT2D eigenvalue weighted by molar-refractivity contribution is -0.117. The second-order valence-electron chi connectivity index (χ2n) is 4.24. The largest absolute Gasteiger partial charge is 0.505 e. The molecule has 1 aromatic rings. The summed E-state index contributed by atoms with van der Waals surface area (Å²) in [4.78, 5) is 24.7. The second kappa shape index (κ2) is 5.02. The van der Waals surface area contributed by atoms with Gasteiger partial charge < -0.3 is 14.7 Å². The third-order valence-corrected chi connectivity index (χ3v) is 3.07. The first kappa shape index (κ1) is 13.0. The molecule has 0 spiro atoms. The minimum Gasteiger partial charge on any atom is -0.505 e. The molecule has 5 heteroatoms. The molecule has 1 N–H and O–H groups in total. The maximum absolute atomic E-state index is 11.9. The minimum absolute atomic E-state index is 0.0250. The summed E-state index contributed by atoms with van der Waals surface area (Å²) < 4.78 is 4.57. The van der Waals surface area contributed by atoms with Crippen LogP contribution in [-0.4, -0.2) is 30.6 Å². The van der Waals surface area contributed by atoms with Crippen molar-refractivity contribution in [2.24, 2.45) is 5.92 Å². The fraction of sp³-hybridized carbons (Fsp3) is 0.286. The number of phenols is 1. The minimum atomic E-state index is -0.653. The van der Waals surface area contributed by atoms with Crippen LogP contribution in [0.4, 0.5) is 5.69 Å². The lowest BCUT2D eigenvalue weighted by atomic mass is 10.1. The molecule has 98 valence electrons. The average Bonchev–Trinajstić information content (AvgIpc) is 2.79. The van der Waals surface area contributed by atoms with E-state index in [2.05, 4.69) is 10.7 Å². The Kier molecular flexibility index (Phi) is 3.43. The van der Waals surface area contributed by atoms with Gasteiger partial charge in [0.2, 0.25) is 5.91 Å². The summed E-state index contributed by atoms with van der Waals surface area (Å²) in [5.74, 6) is 1.27. The number of terminal acetylenes is 1. The first-order chi connectivity index (χ1) is 9.08. The van der Waals surface area contributed by atoms with Gasteiger partial charge in [0.1, 0.15) is 5.56 Å². The first-order valence-electron chi connectivity index (χ1n) is 5.75. The number of carbonyl (C=O) groups excluding carboxylic acids is 2. The van der Waals surface area contributed by atoms with Crippen LogP contribution < -0.4 is 4.90 Å². The Morgan fingerprint density at radius 2 is 2.32 bits per heavy atom. The van der Waals surface area contributed by atoms with Crippen molar-refractivity contribution in [1.29, 1.82) is 0 Å². The molecule has 1 unspecified atom stereocenters. The standard InChI is InChI=1S/C14H13NO4/c1-3-9-7-12(16)15(8-9)11-6-4-5-10(13(11)17)14(18)19-2/h1,4-6,9,17H,7-8H2,2H3. The van der Waals surface area contributed by atoms with Crippen LogP contribution in [0.5, 0.6) is 5.75 Å². The molecule has 1 fully saturated rings. The summed E-state index contributed by atoms with van der Waals surface area (Å²) in [6.45, 7) is 0.341. The smallest absolute Gasteiger partial charge is 0.341 e. The van der Waals surface area contributed by atoms with Gasteiger partial charge in [-0.2, -0.15) is 0 Å². The summed E-state index contributed by atoms with van der Waals surface area (Å²) in [5.41, 5.74) is 0.308. The highest BCUT2D eigenvalue weighted by molar-refractivity contribution is 6.01. The van der Waals surface area contributed by atoms with Crippen molar-refractivity contribution in [2.45, 2.75) is 6.42 Å². The SMILES string of the molecule is C#CC1CC(=O)N(c2cccc(C(=O)OC)c2O)C1. The van der Waals surface area contributed by atoms with Gasteiger partial charge in [-0.05, 0) is 12.1 Å². The molecule has 2 rings (SSSR count). The van der Waals surface area contributed by atoms with Crippen molar-refractivity contribution in [3.63, 3.8) is 0 Å². The zero-order valence-corrected chi connectivity index (χ0v) is 10.4. The number of hydrogen-bond acceptors (Lipinski definition) is 4. The third kappa shape index (κ3) is 2.25.